The van der Waals surface area contributed by atoms with Gasteiger partial charge in [0.25, 0.3) is 0 Å². The minimum atomic E-state index is -0.0863. The van der Waals surface area contributed by atoms with Gasteiger partial charge in [-0.15, -0.1) is 0 Å². The first-order valence-corrected chi connectivity index (χ1v) is 7.95. The van der Waals surface area contributed by atoms with Crippen LogP contribution in [-0.4, -0.2) is 12.5 Å². The van der Waals surface area contributed by atoms with Gasteiger partial charge in [0.05, 0.1) is 18.8 Å². The van der Waals surface area contributed by atoms with Crippen LogP contribution in [0.2, 0.25) is 0 Å². The number of amides is 1. The molecule has 122 valence electrons. The zero-order chi connectivity index (χ0) is 16.8. The first-order chi connectivity index (χ1) is 11.7. The number of hydrogen-bond acceptors (Lipinski definition) is 3. The maximum atomic E-state index is 12.3. The lowest BCUT2D eigenvalue weighted by atomic mass is 10.0. The number of carbonyl (C=O) groups excluding carboxylic acids is 1. The van der Waals surface area contributed by atoms with Gasteiger partial charge in [0.15, 0.2) is 0 Å². The van der Waals surface area contributed by atoms with Gasteiger partial charge in [0.2, 0.25) is 5.91 Å². The van der Waals surface area contributed by atoms with Crippen LogP contribution < -0.4 is 10.6 Å². The molecule has 0 radical (unpaired) electrons. The molecule has 0 saturated heterocycles. The summed E-state index contributed by atoms with van der Waals surface area (Å²) in [6.45, 7) is 2.18. The summed E-state index contributed by atoms with van der Waals surface area (Å²) in [5.74, 6) is 0.726. The van der Waals surface area contributed by atoms with Gasteiger partial charge >= 0.3 is 0 Å². The van der Waals surface area contributed by atoms with Crippen LogP contribution in [0.1, 0.15) is 18.7 Å². The number of nitrogens with one attached hydrogen (secondary N) is 2. The zero-order valence-corrected chi connectivity index (χ0v) is 13.5. The van der Waals surface area contributed by atoms with Crippen LogP contribution in [0, 0.1) is 0 Å². The molecule has 0 unspecified atom stereocenters. The van der Waals surface area contributed by atoms with E-state index < -0.39 is 0 Å². The molecule has 0 saturated carbocycles. The van der Waals surface area contributed by atoms with Gasteiger partial charge in [-0.1, -0.05) is 48.5 Å². The van der Waals surface area contributed by atoms with E-state index >= 15 is 0 Å². The molecule has 3 aromatic rings. The molecular weight excluding hydrogens is 300 g/mol. The second-order valence-corrected chi connectivity index (χ2v) is 5.58. The van der Waals surface area contributed by atoms with Crippen LogP contribution in [0.3, 0.4) is 0 Å². The van der Waals surface area contributed by atoms with E-state index in [1.165, 1.54) is 0 Å². The summed E-state index contributed by atoms with van der Waals surface area (Å²) in [5, 5.41) is 6.14. The fourth-order valence-corrected chi connectivity index (χ4v) is 2.54. The molecule has 1 heterocycles. The highest BCUT2D eigenvalue weighted by Crippen LogP contribution is 2.27. The van der Waals surface area contributed by atoms with Gasteiger partial charge in [0, 0.05) is 11.3 Å². The Morgan fingerprint density at radius 3 is 2.50 bits per heavy atom. The van der Waals surface area contributed by atoms with Gasteiger partial charge in [-0.3, -0.25) is 10.1 Å². The summed E-state index contributed by atoms with van der Waals surface area (Å²) in [5.41, 5.74) is 2.89. The van der Waals surface area contributed by atoms with Crippen LogP contribution in [0.4, 0.5) is 5.69 Å². The summed E-state index contributed by atoms with van der Waals surface area (Å²) >= 11 is 0. The second kappa shape index (κ2) is 7.62. The lowest BCUT2D eigenvalue weighted by Crippen LogP contribution is -2.30. The topological polar surface area (TPSA) is 54.3 Å². The fourth-order valence-electron chi connectivity index (χ4n) is 2.54. The molecule has 4 heteroatoms. The summed E-state index contributed by atoms with van der Waals surface area (Å²) in [6, 6.07) is 21.5. The third-order valence-corrected chi connectivity index (χ3v) is 3.82. The van der Waals surface area contributed by atoms with E-state index in [0.717, 1.165) is 22.6 Å². The lowest BCUT2D eigenvalue weighted by molar-refractivity contribution is -0.115. The van der Waals surface area contributed by atoms with Gasteiger partial charge in [-0.2, -0.15) is 0 Å². The SMILES string of the molecule is C[C@H](NCC(=O)Nc1ccccc1-c1ccccc1)c1ccco1. The van der Waals surface area contributed by atoms with Crippen molar-refractivity contribution in [1.82, 2.24) is 5.32 Å². The maximum Gasteiger partial charge on any atom is 0.238 e. The highest BCUT2D eigenvalue weighted by atomic mass is 16.3. The van der Waals surface area contributed by atoms with Crippen molar-refractivity contribution in [3.8, 4) is 11.1 Å². The number of carbonyl (C=O) groups is 1. The summed E-state index contributed by atoms with van der Waals surface area (Å²) in [4.78, 5) is 12.3. The van der Waals surface area contributed by atoms with Crippen molar-refractivity contribution in [2.75, 3.05) is 11.9 Å². The number of para-hydroxylation sites is 1. The van der Waals surface area contributed by atoms with E-state index in [4.69, 9.17) is 4.42 Å². The minimum absolute atomic E-state index is 0.0184. The Morgan fingerprint density at radius 1 is 1.00 bits per heavy atom. The molecule has 1 amide bonds. The smallest absolute Gasteiger partial charge is 0.238 e. The molecule has 0 bridgehead atoms. The average Bonchev–Trinajstić information content (AvgIpc) is 3.16. The lowest BCUT2D eigenvalue weighted by Gasteiger charge is -2.14. The van der Waals surface area contributed by atoms with Crippen LogP contribution in [0.5, 0.6) is 0 Å². The second-order valence-electron chi connectivity index (χ2n) is 5.58. The molecule has 0 aliphatic heterocycles. The van der Waals surface area contributed by atoms with E-state index in [2.05, 4.69) is 10.6 Å². The molecule has 0 spiro atoms. The molecule has 4 nitrogen and oxygen atoms in total. The highest BCUT2D eigenvalue weighted by Gasteiger charge is 2.11. The van der Waals surface area contributed by atoms with Crippen molar-refractivity contribution in [1.29, 1.82) is 0 Å². The predicted molar refractivity (Wildman–Crippen MR) is 95.6 cm³/mol. The Morgan fingerprint density at radius 2 is 1.75 bits per heavy atom. The van der Waals surface area contributed by atoms with Crippen LogP contribution in [-0.2, 0) is 4.79 Å². The molecular formula is C20H20N2O2. The Hall–Kier alpha value is -2.85. The third kappa shape index (κ3) is 3.91. The van der Waals surface area contributed by atoms with Crippen LogP contribution in [0.15, 0.2) is 77.4 Å². The van der Waals surface area contributed by atoms with E-state index in [0.29, 0.717) is 0 Å². The molecule has 1 atom stereocenters. The Bertz CT molecular complexity index is 782. The van der Waals surface area contributed by atoms with Crippen LogP contribution in [0.25, 0.3) is 11.1 Å². The quantitative estimate of drug-likeness (QED) is 0.714. The Kier molecular flexibility index (Phi) is 5.08. The Balaban J connectivity index is 1.65. The molecule has 2 N–H and O–H groups in total. The zero-order valence-electron chi connectivity index (χ0n) is 13.5. The monoisotopic (exact) mass is 320 g/mol. The molecule has 3 rings (SSSR count). The average molecular weight is 320 g/mol. The van der Waals surface area contributed by atoms with E-state index in [9.17, 15) is 4.79 Å². The van der Waals surface area contributed by atoms with Crippen molar-refractivity contribution in [2.24, 2.45) is 0 Å². The van der Waals surface area contributed by atoms with Crippen molar-refractivity contribution in [3.63, 3.8) is 0 Å². The maximum absolute atomic E-state index is 12.3. The predicted octanol–water partition coefficient (Wildman–Crippen LogP) is 4.24. The molecule has 0 aliphatic carbocycles. The number of anilines is 1. The first kappa shape index (κ1) is 16.0. The molecule has 1 aromatic heterocycles. The molecule has 2 aromatic carbocycles. The van der Waals surface area contributed by atoms with Gasteiger partial charge in [0.1, 0.15) is 5.76 Å². The fraction of sp³-hybridized carbons (Fsp3) is 0.150. The van der Waals surface area contributed by atoms with Crippen molar-refractivity contribution >= 4 is 11.6 Å². The number of hydrogen-bond donors (Lipinski definition) is 2. The van der Waals surface area contributed by atoms with Crippen molar-refractivity contribution < 1.29 is 9.21 Å². The summed E-state index contributed by atoms with van der Waals surface area (Å²) < 4.78 is 5.33. The summed E-state index contributed by atoms with van der Waals surface area (Å²) in [7, 11) is 0. The van der Waals surface area contributed by atoms with E-state index in [1.54, 1.807) is 6.26 Å². The standard InChI is InChI=1S/C20H20N2O2/c1-15(19-12-7-13-24-19)21-14-20(23)22-18-11-6-5-10-17(18)16-8-3-2-4-9-16/h2-13,15,21H,14H2,1H3,(H,22,23)/t15-/m0/s1. The minimum Gasteiger partial charge on any atom is -0.468 e. The van der Waals surface area contributed by atoms with Crippen molar-refractivity contribution in [3.05, 3.63) is 78.8 Å². The number of benzene rings is 2. The van der Waals surface area contributed by atoms with Crippen molar-refractivity contribution in [2.45, 2.75) is 13.0 Å². The normalized spacial score (nSPS) is 11.9. The number of furan rings is 1. The van der Waals surface area contributed by atoms with Gasteiger partial charge in [-0.05, 0) is 30.7 Å². The first-order valence-electron chi connectivity index (χ1n) is 7.95. The third-order valence-electron chi connectivity index (χ3n) is 3.82. The largest absolute Gasteiger partial charge is 0.468 e. The van der Waals surface area contributed by atoms with E-state index in [1.807, 2.05) is 73.7 Å². The molecule has 0 aliphatic rings. The Labute approximate surface area is 141 Å². The van der Waals surface area contributed by atoms with E-state index in [-0.39, 0.29) is 18.5 Å². The van der Waals surface area contributed by atoms with Gasteiger partial charge < -0.3 is 9.73 Å². The van der Waals surface area contributed by atoms with Gasteiger partial charge in [-0.25, -0.2) is 0 Å². The molecule has 0 fully saturated rings. The highest BCUT2D eigenvalue weighted by molar-refractivity contribution is 5.96. The summed E-state index contributed by atoms with van der Waals surface area (Å²) in [6.07, 6.45) is 1.63. The molecule has 24 heavy (non-hydrogen) atoms. The van der Waals surface area contributed by atoms with Crippen LogP contribution >= 0.6 is 0 Å². The number of rotatable bonds is 6.